The number of nitrogens with one attached hydrogen (secondary N) is 1. The van der Waals surface area contributed by atoms with Crippen LogP contribution in [0.1, 0.15) is 10.4 Å². The van der Waals surface area contributed by atoms with Gasteiger partial charge in [-0.2, -0.15) is 5.10 Å². The minimum atomic E-state index is -1.04. The molecular formula is C13H16N4O4. The third-order valence-corrected chi connectivity index (χ3v) is 2.76. The van der Waals surface area contributed by atoms with Gasteiger partial charge in [0, 0.05) is 26.0 Å². The van der Waals surface area contributed by atoms with Crippen molar-refractivity contribution in [2.24, 2.45) is 7.05 Å². The molecule has 0 atom stereocenters. The topological polar surface area (TPSA) is 98.4 Å². The zero-order chi connectivity index (χ0) is 15.2. The van der Waals surface area contributed by atoms with Gasteiger partial charge in [-0.25, -0.2) is 4.79 Å². The van der Waals surface area contributed by atoms with Crippen molar-refractivity contribution in [2.45, 2.75) is 0 Å². The number of carboxylic acids is 1. The van der Waals surface area contributed by atoms with Crippen molar-refractivity contribution in [1.29, 1.82) is 0 Å². The number of aryl methyl sites for hydroxylation is 1. The fraction of sp³-hybridized carbons (Fsp3) is 0.308. The van der Waals surface area contributed by atoms with E-state index in [1.807, 2.05) is 24.5 Å². The van der Waals surface area contributed by atoms with E-state index in [0.29, 0.717) is 11.4 Å². The van der Waals surface area contributed by atoms with Gasteiger partial charge in [-0.05, 0) is 12.1 Å². The van der Waals surface area contributed by atoms with Crippen LogP contribution >= 0.6 is 0 Å². The van der Waals surface area contributed by atoms with Crippen molar-refractivity contribution in [1.82, 2.24) is 19.7 Å². The molecule has 0 saturated carbocycles. The lowest BCUT2D eigenvalue weighted by Crippen LogP contribution is -2.28. The molecule has 0 aliphatic carbocycles. The highest BCUT2D eigenvalue weighted by Crippen LogP contribution is 2.13. The Morgan fingerprint density at radius 1 is 1.38 bits per heavy atom. The SMILES string of the molecule is Cn1ncc(C(=O)NCCOCC(=O)O)c1-n1cccc1. The van der Waals surface area contributed by atoms with Gasteiger partial charge in [0.15, 0.2) is 0 Å². The Bertz CT molecular complexity index is 618. The number of hydrogen-bond acceptors (Lipinski definition) is 4. The summed E-state index contributed by atoms with van der Waals surface area (Å²) in [5.74, 6) is -0.668. The Kier molecular flexibility index (Phi) is 4.72. The van der Waals surface area contributed by atoms with E-state index >= 15 is 0 Å². The molecule has 2 rings (SSSR count). The van der Waals surface area contributed by atoms with E-state index in [2.05, 4.69) is 10.4 Å². The number of carbonyl (C=O) groups excluding carboxylic acids is 1. The molecule has 0 radical (unpaired) electrons. The van der Waals surface area contributed by atoms with Crippen molar-refractivity contribution < 1.29 is 19.4 Å². The van der Waals surface area contributed by atoms with Crippen molar-refractivity contribution in [3.05, 3.63) is 36.3 Å². The lowest BCUT2D eigenvalue weighted by Gasteiger charge is -2.08. The molecule has 0 saturated heterocycles. The molecule has 2 N–H and O–H groups in total. The van der Waals surface area contributed by atoms with Gasteiger partial charge in [0.05, 0.1) is 12.8 Å². The summed E-state index contributed by atoms with van der Waals surface area (Å²) in [7, 11) is 1.75. The van der Waals surface area contributed by atoms with Crippen molar-refractivity contribution >= 4 is 11.9 Å². The molecule has 2 aromatic heterocycles. The Labute approximate surface area is 120 Å². The van der Waals surface area contributed by atoms with Gasteiger partial charge >= 0.3 is 5.97 Å². The highest BCUT2D eigenvalue weighted by atomic mass is 16.5. The van der Waals surface area contributed by atoms with E-state index < -0.39 is 5.97 Å². The lowest BCUT2D eigenvalue weighted by atomic mass is 10.3. The number of carbonyl (C=O) groups is 2. The molecule has 0 aliphatic heterocycles. The van der Waals surface area contributed by atoms with Gasteiger partial charge in [-0.1, -0.05) is 0 Å². The first-order valence-corrected chi connectivity index (χ1v) is 6.32. The van der Waals surface area contributed by atoms with Crippen molar-refractivity contribution in [3.63, 3.8) is 0 Å². The Morgan fingerprint density at radius 3 is 2.76 bits per heavy atom. The average Bonchev–Trinajstić information content (AvgIpc) is 3.06. The molecule has 0 aromatic carbocycles. The summed E-state index contributed by atoms with van der Waals surface area (Å²) in [5, 5.41) is 15.2. The van der Waals surface area contributed by atoms with Gasteiger partial charge in [0.2, 0.25) is 0 Å². The molecular weight excluding hydrogens is 276 g/mol. The van der Waals surface area contributed by atoms with E-state index in [9.17, 15) is 9.59 Å². The third kappa shape index (κ3) is 3.69. The van der Waals surface area contributed by atoms with Crippen LogP contribution in [0.25, 0.3) is 5.82 Å². The van der Waals surface area contributed by atoms with Crippen LogP contribution in [0.4, 0.5) is 0 Å². The lowest BCUT2D eigenvalue weighted by molar-refractivity contribution is -0.142. The van der Waals surface area contributed by atoms with E-state index in [4.69, 9.17) is 9.84 Å². The van der Waals surface area contributed by atoms with Crippen molar-refractivity contribution in [2.75, 3.05) is 19.8 Å². The zero-order valence-electron chi connectivity index (χ0n) is 11.5. The first kappa shape index (κ1) is 14.8. The van der Waals surface area contributed by atoms with E-state index in [1.165, 1.54) is 6.20 Å². The summed E-state index contributed by atoms with van der Waals surface area (Å²) >= 11 is 0. The number of carboxylic acid groups (broad SMARTS) is 1. The zero-order valence-corrected chi connectivity index (χ0v) is 11.5. The molecule has 0 spiro atoms. The minimum Gasteiger partial charge on any atom is -0.480 e. The second-order valence-electron chi connectivity index (χ2n) is 4.30. The van der Waals surface area contributed by atoms with Crippen LogP contribution < -0.4 is 5.32 Å². The molecule has 0 aliphatic rings. The van der Waals surface area contributed by atoms with Crippen LogP contribution in [0.5, 0.6) is 0 Å². The van der Waals surface area contributed by atoms with Crippen LogP contribution in [-0.4, -0.2) is 51.1 Å². The molecule has 1 amide bonds. The number of hydrogen-bond donors (Lipinski definition) is 2. The molecule has 2 aromatic rings. The minimum absolute atomic E-state index is 0.136. The van der Waals surface area contributed by atoms with E-state index in [0.717, 1.165) is 0 Å². The summed E-state index contributed by atoms with van der Waals surface area (Å²) < 4.78 is 8.25. The summed E-state index contributed by atoms with van der Waals surface area (Å²) in [4.78, 5) is 22.4. The monoisotopic (exact) mass is 292 g/mol. The van der Waals surface area contributed by atoms with Gasteiger partial charge in [-0.15, -0.1) is 0 Å². The number of aromatic nitrogens is 3. The molecule has 0 unspecified atom stereocenters. The van der Waals surface area contributed by atoms with Gasteiger partial charge in [0.1, 0.15) is 18.0 Å². The molecule has 2 heterocycles. The Balaban J connectivity index is 1.96. The van der Waals surface area contributed by atoms with Crippen molar-refractivity contribution in [3.8, 4) is 5.82 Å². The highest BCUT2D eigenvalue weighted by Gasteiger charge is 2.16. The van der Waals surface area contributed by atoms with E-state index in [1.54, 1.807) is 16.3 Å². The summed E-state index contributed by atoms with van der Waals surface area (Å²) in [6.07, 6.45) is 5.14. The predicted molar refractivity (Wildman–Crippen MR) is 73.3 cm³/mol. The summed E-state index contributed by atoms with van der Waals surface area (Å²) in [5.41, 5.74) is 0.437. The Morgan fingerprint density at radius 2 is 2.10 bits per heavy atom. The van der Waals surface area contributed by atoms with Crippen LogP contribution in [0.15, 0.2) is 30.7 Å². The fourth-order valence-electron chi connectivity index (χ4n) is 1.86. The van der Waals surface area contributed by atoms with Gasteiger partial charge in [0.25, 0.3) is 5.91 Å². The predicted octanol–water partition coefficient (Wildman–Crippen LogP) is 0.0418. The molecule has 0 bridgehead atoms. The highest BCUT2D eigenvalue weighted by molar-refractivity contribution is 5.97. The number of amides is 1. The number of nitrogens with zero attached hydrogens (tertiary/aromatic N) is 3. The normalized spacial score (nSPS) is 10.5. The maximum Gasteiger partial charge on any atom is 0.329 e. The average molecular weight is 292 g/mol. The molecule has 0 fully saturated rings. The number of rotatable bonds is 7. The summed E-state index contributed by atoms with van der Waals surface area (Å²) in [6.45, 7) is -0.0132. The Hall–Kier alpha value is -2.61. The fourth-order valence-corrected chi connectivity index (χ4v) is 1.86. The quantitative estimate of drug-likeness (QED) is 0.702. The van der Waals surface area contributed by atoms with Crippen LogP contribution in [0.2, 0.25) is 0 Å². The van der Waals surface area contributed by atoms with Gasteiger partial charge < -0.3 is 19.7 Å². The maximum atomic E-state index is 12.1. The first-order chi connectivity index (χ1) is 10.1. The maximum absolute atomic E-state index is 12.1. The molecule has 8 heteroatoms. The molecule has 21 heavy (non-hydrogen) atoms. The van der Waals surface area contributed by atoms with Crippen LogP contribution in [0, 0.1) is 0 Å². The van der Waals surface area contributed by atoms with Gasteiger partial charge in [-0.3, -0.25) is 9.48 Å². The summed E-state index contributed by atoms with van der Waals surface area (Å²) in [6, 6.07) is 3.71. The van der Waals surface area contributed by atoms with Crippen LogP contribution in [-0.2, 0) is 16.6 Å². The second kappa shape index (κ2) is 6.71. The second-order valence-corrected chi connectivity index (χ2v) is 4.30. The molecule has 8 nitrogen and oxygen atoms in total. The third-order valence-electron chi connectivity index (χ3n) is 2.76. The number of aliphatic carboxylic acids is 1. The standard InChI is InChI=1S/C13H16N4O4/c1-16-13(17-5-2-3-6-17)10(8-15-16)12(20)14-4-7-21-9-11(18)19/h2-3,5-6,8H,4,7,9H2,1H3,(H,14,20)(H,18,19). The first-order valence-electron chi connectivity index (χ1n) is 6.32. The largest absolute Gasteiger partial charge is 0.480 e. The number of ether oxygens (including phenoxy) is 1. The smallest absolute Gasteiger partial charge is 0.329 e. The molecule has 112 valence electrons. The van der Waals surface area contributed by atoms with Crippen LogP contribution in [0.3, 0.4) is 0 Å². The van der Waals surface area contributed by atoms with E-state index in [-0.39, 0.29) is 25.7 Å².